The van der Waals surface area contributed by atoms with Crippen molar-refractivity contribution in [1.82, 2.24) is 0 Å². The van der Waals surface area contributed by atoms with Crippen LogP contribution in [0.5, 0.6) is 5.75 Å². The maximum atomic E-state index is 10.7. The van der Waals surface area contributed by atoms with Crippen molar-refractivity contribution in [3.05, 3.63) is 29.8 Å². The lowest BCUT2D eigenvalue weighted by atomic mass is 10.0. The highest BCUT2D eigenvalue weighted by atomic mass is 32.3. The van der Waals surface area contributed by atoms with Gasteiger partial charge in [0, 0.05) is 6.42 Å². The molecule has 1 aliphatic heterocycles. The molecular weight excluding hydrogens is 406 g/mol. The minimum atomic E-state index is -5.13. The van der Waals surface area contributed by atoms with Crippen molar-refractivity contribution >= 4 is 27.2 Å². The molecule has 0 amide bonds. The van der Waals surface area contributed by atoms with Gasteiger partial charge in [-0.1, -0.05) is 29.1 Å². The Morgan fingerprint density at radius 3 is 2.37 bits per heavy atom. The molecule has 1 aromatic rings. The third-order valence-electron chi connectivity index (χ3n) is 3.62. The zero-order valence-corrected chi connectivity index (χ0v) is 15.3. The third kappa shape index (κ3) is 6.29. The molecule has 5 N–H and O–H groups in total. The van der Waals surface area contributed by atoms with E-state index in [-0.39, 0.29) is 17.2 Å². The lowest BCUT2D eigenvalue weighted by Crippen LogP contribution is -2.57. The summed E-state index contributed by atoms with van der Waals surface area (Å²) in [5.74, 6) is -0.00258. The number of hydrogen-bond donors (Lipinski definition) is 5. The smallest absolute Gasteiger partial charge is 0.284 e. The van der Waals surface area contributed by atoms with Gasteiger partial charge in [0.2, 0.25) is 0 Å². The Morgan fingerprint density at radius 2 is 1.81 bits per heavy atom. The summed E-state index contributed by atoms with van der Waals surface area (Å²) in [6.45, 7) is -0.641. The van der Waals surface area contributed by atoms with E-state index in [4.69, 9.17) is 4.74 Å². The summed E-state index contributed by atoms with van der Waals surface area (Å²) in [4.78, 5) is 0. The molecule has 27 heavy (non-hydrogen) atoms. The first-order chi connectivity index (χ1) is 12.6. The Bertz CT molecular complexity index is 752. The Balaban J connectivity index is 2.20. The van der Waals surface area contributed by atoms with Gasteiger partial charge in [-0.15, -0.1) is 0 Å². The Kier molecular flexibility index (Phi) is 7.41. The van der Waals surface area contributed by atoms with Crippen LogP contribution in [0, 0.1) is 0 Å². The van der Waals surface area contributed by atoms with Gasteiger partial charge in [-0.25, -0.2) is 0 Å². The van der Waals surface area contributed by atoms with E-state index < -0.39 is 46.9 Å². The van der Waals surface area contributed by atoms with Crippen molar-refractivity contribution < 1.29 is 47.5 Å². The highest BCUT2D eigenvalue weighted by Gasteiger charge is 2.44. The van der Waals surface area contributed by atoms with Crippen LogP contribution in [0.3, 0.4) is 0 Å². The van der Waals surface area contributed by atoms with E-state index in [1.54, 1.807) is 0 Å². The van der Waals surface area contributed by atoms with E-state index in [1.165, 1.54) is 24.3 Å². The second-order valence-electron chi connectivity index (χ2n) is 5.63. The molecule has 152 valence electrons. The van der Waals surface area contributed by atoms with Crippen molar-refractivity contribution in [2.24, 2.45) is 5.16 Å². The number of phenols is 1. The number of phenolic OH excluding ortho intramolecular Hbond substituents is 1. The fourth-order valence-corrected chi connectivity index (χ4v) is 3.60. The van der Waals surface area contributed by atoms with Crippen LogP contribution in [0.2, 0.25) is 0 Å². The van der Waals surface area contributed by atoms with Crippen LogP contribution in [-0.4, -0.2) is 80.0 Å². The molecule has 13 heteroatoms. The molecule has 1 aliphatic rings. The molecule has 0 aliphatic carbocycles. The fourth-order valence-electron chi connectivity index (χ4n) is 2.27. The lowest BCUT2D eigenvalue weighted by Gasteiger charge is -2.39. The third-order valence-corrected chi connectivity index (χ3v) is 4.99. The Hall–Kier alpha value is -1.45. The monoisotopic (exact) mass is 424 g/mol. The molecule has 0 spiro atoms. The summed E-state index contributed by atoms with van der Waals surface area (Å²) < 4.78 is 41.2. The average Bonchev–Trinajstić information content (AvgIpc) is 2.61. The molecule has 1 fully saturated rings. The van der Waals surface area contributed by atoms with Gasteiger partial charge in [-0.2, -0.15) is 8.42 Å². The number of thioether (sulfide) groups is 1. The van der Waals surface area contributed by atoms with Crippen molar-refractivity contribution in [2.75, 3.05) is 6.61 Å². The van der Waals surface area contributed by atoms with Gasteiger partial charge >= 0.3 is 0 Å². The Morgan fingerprint density at radius 1 is 1.19 bits per heavy atom. The topological polar surface area (TPSA) is 189 Å². The van der Waals surface area contributed by atoms with Crippen LogP contribution in [0.1, 0.15) is 5.56 Å². The molecule has 2 rings (SSSR count). The number of ether oxygens (including phenoxy) is 1. The van der Waals surface area contributed by atoms with E-state index in [9.17, 15) is 38.5 Å². The van der Waals surface area contributed by atoms with Crippen LogP contribution in [0.15, 0.2) is 29.4 Å². The second-order valence-corrected chi connectivity index (χ2v) is 7.76. The number of benzene rings is 1. The van der Waals surface area contributed by atoms with Gasteiger partial charge in [0.25, 0.3) is 10.4 Å². The molecule has 1 heterocycles. The van der Waals surface area contributed by atoms with Gasteiger partial charge in [-0.05, 0) is 17.7 Å². The molecular formula is C14H18NO10S2-. The number of aliphatic hydroxyl groups is 4. The summed E-state index contributed by atoms with van der Waals surface area (Å²) in [5.41, 5.74) is -0.690. The summed E-state index contributed by atoms with van der Waals surface area (Å²) in [5, 5.41) is 51.3. The average molecular weight is 424 g/mol. The maximum Gasteiger partial charge on any atom is 0.284 e. The number of aromatic hydroxyl groups is 1. The van der Waals surface area contributed by atoms with Crippen LogP contribution in [0.25, 0.3) is 0 Å². The summed E-state index contributed by atoms with van der Waals surface area (Å²) in [7, 11) is -5.13. The van der Waals surface area contributed by atoms with Gasteiger partial charge in [0.05, 0.1) is 6.61 Å². The van der Waals surface area contributed by atoms with Gasteiger partial charge < -0.3 is 34.8 Å². The van der Waals surface area contributed by atoms with E-state index in [0.717, 1.165) is 0 Å². The largest absolute Gasteiger partial charge is 0.714 e. The normalized spacial score (nSPS) is 29.5. The number of oxime groups is 1. The molecule has 0 radical (unpaired) electrons. The summed E-state index contributed by atoms with van der Waals surface area (Å²) in [6, 6.07) is 5.75. The molecule has 5 unspecified atom stereocenters. The minimum Gasteiger partial charge on any atom is -0.714 e. The molecule has 1 aromatic carbocycles. The molecule has 0 saturated carbocycles. The van der Waals surface area contributed by atoms with Crippen molar-refractivity contribution in [2.45, 2.75) is 36.3 Å². The first-order valence-electron chi connectivity index (χ1n) is 7.57. The van der Waals surface area contributed by atoms with Crippen LogP contribution < -0.4 is 0 Å². The van der Waals surface area contributed by atoms with Crippen LogP contribution in [-0.2, 0) is 25.8 Å². The van der Waals surface area contributed by atoms with Crippen LogP contribution in [0.4, 0.5) is 0 Å². The molecule has 0 aromatic heterocycles. The molecule has 11 nitrogen and oxygen atoms in total. The highest BCUT2D eigenvalue weighted by Crippen LogP contribution is 2.30. The van der Waals surface area contributed by atoms with Crippen molar-refractivity contribution in [3.63, 3.8) is 0 Å². The standard InChI is InChI=1S/C14H19NO10S2/c16-6-9-11(18)12(19)13(20)14(24-9)26-10(15-25-27(21,22)23)5-7-1-3-8(17)4-2-7/h1-4,9,11-14,16-20H,5-6H2,(H,21,22,23)/p-1. The van der Waals surface area contributed by atoms with Gasteiger partial charge in [0.1, 0.15) is 40.6 Å². The zero-order valence-electron chi connectivity index (χ0n) is 13.7. The predicted octanol–water partition coefficient (Wildman–Crippen LogP) is -1.74. The van der Waals surface area contributed by atoms with Gasteiger partial charge in [-0.3, -0.25) is 4.28 Å². The van der Waals surface area contributed by atoms with Gasteiger partial charge in [0.15, 0.2) is 0 Å². The number of hydrogen-bond acceptors (Lipinski definition) is 12. The molecule has 5 atom stereocenters. The first-order valence-corrected chi connectivity index (χ1v) is 9.78. The molecule has 0 bridgehead atoms. The lowest BCUT2D eigenvalue weighted by molar-refractivity contribution is -0.205. The van der Waals surface area contributed by atoms with E-state index >= 15 is 0 Å². The highest BCUT2D eigenvalue weighted by molar-refractivity contribution is 8.14. The number of rotatable bonds is 6. The second kappa shape index (κ2) is 9.16. The Labute approximate surface area is 158 Å². The zero-order chi connectivity index (χ0) is 20.2. The van der Waals surface area contributed by atoms with E-state index in [1.807, 2.05) is 0 Å². The SMILES string of the molecule is O=S(=O)([O-])ON=C(Cc1ccc(O)cc1)SC1OC(CO)C(O)C(O)C1O. The number of nitrogens with zero attached hydrogens (tertiary/aromatic N) is 1. The predicted molar refractivity (Wildman–Crippen MR) is 91.4 cm³/mol. The summed E-state index contributed by atoms with van der Waals surface area (Å²) >= 11 is 0.643. The quantitative estimate of drug-likeness (QED) is 0.115. The first kappa shape index (κ1) is 21.8. The van der Waals surface area contributed by atoms with E-state index in [2.05, 4.69) is 9.44 Å². The van der Waals surface area contributed by atoms with E-state index in [0.29, 0.717) is 17.3 Å². The summed E-state index contributed by atoms with van der Waals surface area (Å²) in [6.07, 6.45) is -6.01. The van der Waals surface area contributed by atoms with Crippen molar-refractivity contribution in [1.29, 1.82) is 0 Å². The minimum absolute atomic E-state index is 0.00258. The van der Waals surface area contributed by atoms with Crippen LogP contribution >= 0.6 is 11.8 Å². The fraction of sp³-hybridized carbons (Fsp3) is 0.500. The van der Waals surface area contributed by atoms with Crippen molar-refractivity contribution in [3.8, 4) is 5.75 Å². The number of aliphatic hydroxyl groups excluding tert-OH is 4. The maximum absolute atomic E-state index is 10.7. The molecule has 1 saturated heterocycles.